The quantitative estimate of drug-likeness (QED) is 0.317. The van der Waals surface area contributed by atoms with Crippen molar-refractivity contribution < 1.29 is 9.47 Å². The molecule has 2 aliphatic heterocycles. The van der Waals surface area contributed by atoms with E-state index in [9.17, 15) is 0 Å². The predicted molar refractivity (Wildman–Crippen MR) is 134 cm³/mol. The highest BCUT2D eigenvalue weighted by atomic mass is 127. The van der Waals surface area contributed by atoms with Gasteiger partial charge in [0.15, 0.2) is 5.96 Å². The summed E-state index contributed by atoms with van der Waals surface area (Å²) >= 11 is 0. The number of nitrogens with zero attached hydrogens (tertiary/aromatic N) is 3. The van der Waals surface area contributed by atoms with Gasteiger partial charge in [-0.3, -0.25) is 9.89 Å². The van der Waals surface area contributed by atoms with Crippen LogP contribution in [0.25, 0.3) is 0 Å². The molecule has 0 aromatic heterocycles. The van der Waals surface area contributed by atoms with Crippen molar-refractivity contribution in [2.45, 2.75) is 51.9 Å². The number of rotatable bonds is 8. The Morgan fingerprint density at radius 1 is 1.13 bits per heavy atom. The maximum atomic E-state index is 6.03. The van der Waals surface area contributed by atoms with Gasteiger partial charge in [-0.25, -0.2) is 0 Å². The summed E-state index contributed by atoms with van der Waals surface area (Å²) in [5.74, 6) is 0.992. The lowest BCUT2D eigenvalue weighted by Gasteiger charge is -2.37. The number of nitrogens with one attached hydrogen (secondary N) is 1. The van der Waals surface area contributed by atoms with Crippen LogP contribution >= 0.6 is 24.0 Å². The zero-order valence-corrected chi connectivity index (χ0v) is 21.1. The van der Waals surface area contributed by atoms with Gasteiger partial charge < -0.3 is 19.7 Å². The molecule has 2 heterocycles. The third-order valence-corrected chi connectivity index (χ3v) is 5.96. The van der Waals surface area contributed by atoms with E-state index in [1.807, 2.05) is 0 Å². The zero-order valence-electron chi connectivity index (χ0n) is 18.8. The van der Waals surface area contributed by atoms with Crippen LogP contribution in [0.15, 0.2) is 35.3 Å². The molecule has 7 heteroatoms. The molecule has 170 valence electrons. The number of hydrogen-bond donors (Lipinski definition) is 1. The molecule has 0 amide bonds. The summed E-state index contributed by atoms with van der Waals surface area (Å²) in [5.41, 5.74) is 1.33. The average Bonchev–Trinajstić information content (AvgIpc) is 3.31. The minimum Gasteiger partial charge on any atom is -0.375 e. The highest BCUT2D eigenvalue weighted by Crippen LogP contribution is 2.23. The molecule has 3 unspecified atom stereocenters. The Bertz CT molecular complexity index is 621. The standard InChI is InChI=1S/C23H38N4O2.HI/c1-4-24-23(27-14-16-29-22(18-27)21-13-10-15-28-21)25-17-20(26(5-2)6-3)19-11-8-7-9-12-19;/h7-9,11-12,20-22H,4-6,10,13-18H2,1-3H3,(H,24,25);1H. The first kappa shape index (κ1) is 25.4. The van der Waals surface area contributed by atoms with Gasteiger partial charge in [-0.1, -0.05) is 44.2 Å². The van der Waals surface area contributed by atoms with E-state index in [-0.39, 0.29) is 42.2 Å². The van der Waals surface area contributed by atoms with Gasteiger partial charge in [0.1, 0.15) is 6.10 Å². The predicted octanol–water partition coefficient (Wildman–Crippen LogP) is 3.53. The normalized spacial score (nSPS) is 23.3. The zero-order chi connectivity index (χ0) is 20.5. The summed E-state index contributed by atoms with van der Waals surface area (Å²) in [7, 11) is 0. The van der Waals surface area contributed by atoms with E-state index in [1.165, 1.54) is 5.56 Å². The third-order valence-electron chi connectivity index (χ3n) is 5.96. The largest absolute Gasteiger partial charge is 0.375 e. The number of benzene rings is 1. The van der Waals surface area contributed by atoms with Crippen molar-refractivity contribution in [1.82, 2.24) is 15.1 Å². The SMILES string of the molecule is CCNC(=NCC(c1ccccc1)N(CC)CC)N1CCOC(C2CCCO2)C1.I. The second-order valence-electron chi connectivity index (χ2n) is 7.75. The van der Waals surface area contributed by atoms with Gasteiger partial charge in [0.05, 0.1) is 25.3 Å². The van der Waals surface area contributed by atoms with Crippen LogP contribution in [-0.4, -0.2) is 80.4 Å². The Labute approximate surface area is 199 Å². The Hall–Kier alpha value is -0.900. The van der Waals surface area contributed by atoms with E-state index in [0.29, 0.717) is 0 Å². The lowest BCUT2D eigenvalue weighted by atomic mass is 10.1. The first-order valence-corrected chi connectivity index (χ1v) is 11.3. The third kappa shape index (κ3) is 6.80. The number of guanidine groups is 1. The molecule has 30 heavy (non-hydrogen) atoms. The van der Waals surface area contributed by atoms with Crippen LogP contribution in [-0.2, 0) is 9.47 Å². The monoisotopic (exact) mass is 530 g/mol. The van der Waals surface area contributed by atoms with Crippen molar-refractivity contribution in [3.05, 3.63) is 35.9 Å². The molecule has 1 N–H and O–H groups in total. The Morgan fingerprint density at radius 2 is 1.87 bits per heavy atom. The lowest BCUT2D eigenvalue weighted by molar-refractivity contribution is -0.0817. The minimum absolute atomic E-state index is 0. The molecule has 0 aliphatic carbocycles. The first-order valence-electron chi connectivity index (χ1n) is 11.3. The van der Waals surface area contributed by atoms with Crippen LogP contribution in [0, 0.1) is 0 Å². The molecule has 6 nitrogen and oxygen atoms in total. The molecule has 3 atom stereocenters. The van der Waals surface area contributed by atoms with Crippen molar-refractivity contribution in [2.75, 3.05) is 52.5 Å². The fourth-order valence-corrected chi connectivity index (χ4v) is 4.36. The Morgan fingerprint density at radius 3 is 2.50 bits per heavy atom. The molecular formula is C23H39IN4O2. The molecular weight excluding hydrogens is 491 g/mol. The van der Waals surface area contributed by atoms with Gasteiger partial charge in [-0.05, 0) is 38.4 Å². The van der Waals surface area contributed by atoms with E-state index in [4.69, 9.17) is 14.5 Å². The maximum absolute atomic E-state index is 6.03. The van der Waals surface area contributed by atoms with Crippen molar-refractivity contribution in [3.63, 3.8) is 0 Å². The molecule has 0 bridgehead atoms. The van der Waals surface area contributed by atoms with Gasteiger partial charge in [0, 0.05) is 26.2 Å². The van der Waals surface area contributed by atoms with Crippen molar-refractivity contribution in [3.8, 4) is 0 Å². The van der Waals surface area contributed by atoms with Crippen molar-refractivity contribution in [1.29, 1.82) is 0 Å². The van der Waals surface area contributed by atoms with Gasteiger partial charge in [0.25, 0.3) is 0 Å². The number of morpholine rings is 1. The Balaban J connectivity index is 0.00000320. The summed E-state index contributed by atoms with van der Waals surface area (Å²) in [6.07, 6.45) is 2.61. The van der Waals surface area contributed by atoms with Crippen molar-refractivity contribution >= 4 is 29.9 Å². The van der Waals surface area contributed by atoms with E-state index in [1.54, 1.807) is 0 Å². The first-order chi connectivity index (χ1) is 14.3. The maximum Gasteiger partial charge on any atom is 0.194 e. The molecule has 1 aromatic rings. The van der Waals surface area contributed by atoms with Crippen LogP contribution in [0.3, 0.4) is 0 Å². The molecule has 3 rings (SSSR count). The van der Waals surface area contributed by atoms with Crippen LogP contribution in [0.4, 0.5) is 0 Å². The summed E-state index contributed by atoms with van der Waals surface area (Å²) in [5, 5.41) is 3.51. The van der Waals surface area contributed by atoms with Gasteiger partial charge in [-0.2, -0.15) is 0 Å². The number of halogens is 1. The number of ether oxygens (including phenoxy) is 2. The summed E-state index contributed by atoms with van der Waals surface area (Å²) in [4.78, 5) is 9.92. The van der Waals surface area contributed by atoms with Gasteiger partial charge in [-0.15, -0.1) is 24.0 Å². The molecule has 1 aromatic carbocycles. The van der Waals surface area contributed by atoms with Crippen LogP contribution in [0.1, 0.15) is 45.2 Å². The fourth-order valence-electron chi connectivity index (χ4n) is 4.36. The van der Waals surface area contributed by atoms with E-state index in [0.717, 1.165) is 71.3 Å². The van der Waals surface area contributed by atoms with Crippen LogP contribution in [0.2, 0.25) is 0 Å². The number of likely N-dealkylation sites (N-methyl/N-ethyl adjacent to an activating group) is 1. The molecule has 0 saturated carbocycles. The smallest absolute Gasteiger partial charge is 0.194 e. The molecule has 0 radical (unpaired) electrons. The second kappa shape index (κ2) is 13.5. The minimum atomic E-state index is 0. The summed E-state index contributed by atoms with van der Waals surface area (Å²) in [6, 6.07) is 11.0. The topological polar surface area (TPSA) is 49.3 Å². The molecule has 2 fully saturated rings. The van der Waals surface area contributed by atoms with E-state index in [2.05, 4.69) is 66.2 Å². The summed E-state index contributed by atoms with van der Waals surface area (Å²) < 4.78 is 11.9. The number of aliphatic imine (C=N–C) groups is 1. The van der Waals surface area contributed by atoms with Gasteiger partial charge in [0.2, 0.25) is 0 Å². The molecule has 0 spiro atoms. The van der Waals surface area contributed by atoms with E-state index < -0.39 is 0 Å². The highest BCUT2D eigenvalue weighted by Gasteiger charge is 2.32. The molecule has 2 aliphatic rings. The Kier molecular flexibility index (Phi) is 11.4. The van der Waals surface area contributed by atoms with E-state index >= 15 is 0 Å². The average molecular weight is 530 g/mol. The number of hydrogen-bond acceptors (Lipinski definition) is 4. The molecule has 2 saturated heterocycles. The fraction of sp³-hybridized carbons (Fsp3) is 0.696. The highest BCUT2D eigenvalue weighted by molar-refractivity contribution is 14.0. The summed E-state index contributed by atoms with van der Waals surface area (Å²) in [6.45, 7) is 13.5. The van der Waals surface area contributed by atoms with Crippen LogP contribution in [0.5, 0.6) is 0 Å². The lowest BCUT2D eigenvalue weighted by Crippen LogP contribution is -2.53. The van der Waals surface area contributed by atoms with Crippen molar-refractivity contribution in [2.24, 2.45) is 4.99 Å². The second-order valence-corrected chi connectivity index (χ2v) is 7.75. The van der Waals surface area contributed by atoms with Gasteiger partial charge >= 0.3 is 0 Å². The van der Waals surface area contributed by atoms with Crippen LogP contribution < -0.4 is 5.32 Å².